The molecule has 0 aliphatic rings. The number of hydrogen-bond acceptors (Lipinski definition) is 3. The van der Waals surface area contributed by atoms with Crippen molar-refractivity contribution < 1.29 is 14.3 Å². The van der Waals surface area contributed by atoms with Crippen molar-refractivity contribution in [2.24, 2.45) is 5.92 Å². The zero-order chi connectivity index (χ0) is 9.78. The summed E-state index contributed by atoms with van der Waals surface area (Å²) in [5.41, 5.74) is -0.459. The minimum atomic E-state index is -0.459. The maximum atomic E-state index is 11.0. The number of hydrogen-bond donors (Lipinski definition) is 0. The van der Waals surface area contributed by atoms with Crippen molar-refractivity contribution in [3.8, 4) is 0 Å². The molecule has 0 fully saturated rings. The molecule has 0 aliphatic carbocycles. The molecule has 0 aromatic carbocycles. The van der Waals surface area contributed by atoms with Crippen molar-refractivity contribution in [3.63, 3.8) is 0 Å². The first-order chi connectivity index (χ1) is 5.35. The Kier molecular flexibility index (Phi) is 3.93. The van der Waals surface area contributed by atoms with E-state index in [0.29, 0.717) is 0 Å². The predicted molar refractivity (Wildman–Crippen MR) is 45.7 cm³/mol. The molecule has 0 aliphatic heterocycles. The number of aldehydes is 1. The van der Waals surface area contributed by atoms with E-state index in [0.717, 1.165) is 6.29 Å². The van der Waals surface area contributed by atoms with Crippen LogP contribution in [0.1, 0.15) is 34.1 Å². The average molecular weight is 172 g/mol. The quantitative estimate of drug-likeness (QED) is 0.479. The van der Waals surface area contributed by atoms with Crippen LogP contribution in [0.25, 0.3) is 0 Å². The molecule has 0 radical (unpaired) electrons. The maximum Gasteiger partial charge on any atom is 0.307 e. The highest BCUT2D eigenvalue weighted by Crippen LogP contribution is 2.10. The van der Waals surface area contributed by atoms with Gasteiger partial charge in [0.15, 0.2) is 0 Å². The topological polar surface area (TPSA) is 43.4 Å². The largest absolute Gasteiger partial charge is 0.460 e. The van der Waals surface area contributed by atoms with Crippen LogP contribution in [0.15, 0.2) is 0 Å². The van der Waals surface area contributed by atoms with E-state index in [4.69, 9.17) is 4.74 Å². The SMILES string of the molecule is CC(C=O)CC(=O)OC(C)(C)C. The van der Waals surface area contributed by atoms with Gasteiger partial charge >= 0.3 is 5.97 Å². The van der Waals surface area contributed by atoms with Crippen LogP contribution >= 0.6 is 0 Å². The molecule has 0 saturated heterocycles. The lowest BCUT2D eigenvalue weighted by Crippen LogP contribution is -2.25. The van der Waals surface area contributed by atoms with Gasteiger partial charge in [0, 0.05) is 5.92 Å². The number of carbonyl (C=O) groups excluding carboxylic acids is 2. The molecule has 0 spiro atoms. The van der Waals surface area contributed by atoms with Gasteiger partial charge in [-0.15, -0.1) is 0 Å². The fraction of sp³-hybridized carbons (Fsp3) is 0.778. The molecule has 1 unspecified atom stereocenters. The number of ether oxygens (including phenoxy) is 1. The average Bonchev–Trinajstić information content (AvgIpc) is 1.82. The fourth-order valence-electron chi connectivity index (χ4n) is 0.694. The van der Waals surface area contributed by atoms with Gasteiger partial charge in [0.1, 0.15) is 11.9 Å². The highest BCUT2D eigenvalue weighted by atomic mass is 16.6. The Bertz CT molecular complexity index is 167. The molecule has 0 aromatic heterocycles. The maximum absolute atomic E-state index is 11.0. The van der Waals surface area contributed by atoms with Gasteiger partial charge in [0.25, 0.3) is 0 Å². The number of rotatable bonds is 3. The van der Waals surface area contributed by atoms with E-state index in [-0.39, 0.29) is 18.3 Å². The second-order valence-electron chi connectivity index (χ2n) is 3.90. The van der Waals surface area contributed by atoms with Crippen molar-refractivity contribution in [2.75, 3.05) is 0 Å². The van der Waals surface area contributed by atoms with Crippen LogP contribution in [0.2, 0.25) is 0 Å². The predicted octanol–water partition coefficient (Wildman–Crippen LogP) is 1.55. The Labute approximate surface area is 73.1 Å². The summed E-state index contributed by atoms with van der Waals surface area (Å²) in [5, 5.41) is 0. The second-order valence-corrected chi connectivity index (χ2v) is 3.90. The van der Waals surface area contributed by atoms with Crippen LogP contribution in [0.3, 0.4) is 0 Å². The first-order valence-corrected chi connectivity index (χ1v) is 4.02. The van der Waals surface area contributed by atoms with Crippen LogP contribution in [-0.4, -0.2) is 17.9 Å². The molecule has 1 atom stereocenters. The van der Waals surface area contributed by atoms with E-state index in [1.165, 1.54) is 0 Å². The van der Waals surface area contributed by atoms with Gasteiger partial charge in [0.05, 0.1) is 6.42 Å². The molecule has 0 rings (SSSR count). The second kappa shape index (κ2) is 4.24. The summed E-state index contributed by atoms with van der Waals surface area (Å²) < 4.78 is 5.01. The molecule has 0 bridgehead atoms. The van der Waals surface area contributed by atoms with Crippen LogP contribution in [0, 0.1) is 5.92 Å². The molecule has 0 heterocycles. The van der Waals surface area contributed by atoms with Gasteiger partial charge in [-0.25, -0.2) is 0 Å². The lowest BCUT2D eigenvalue weighted by molar-refractivity contribution is -0.156. The van der Waals surface area contributed by atoms with Crippen molar-refractivity contribution in [1.82, 2.24) is 0 Å². The standard InChI is InChI=1S/C9H16O3/c1-7(6-10)5-8(11)12-9(2,3)4/h6-7H,5H2,1-4H3. The molecule has 0 amide bonds. The number of carbonyl (C=O) groups is 2. The smallest absolute Gasteiger partial charge is 0.307 e. The van der Waals surface area contributed by atoms with Crippen molar-refractivity contribution in [1.29, 1.82) is 0 Å². The third kappa shape index (κ3) is 5.89. The van der Waals surface area contributed by atoms with Crippen LogP contribution in [-0.2, 0) is 14.3 Å². The highest BCUT2D eigenvalue weighted by molar-refractivity contribution is 5.73. The first-order valence-electron chi connectivity index (χ1n) is 4.02. The van der Waals surface area contributed by atoms with Gasteiger partial charge < -0.3 is 9.53 Å². The summed E-state index contributed by atoms with van der Waals surface area (Å²) in [6.07, 6.45) is 0.921. The van der Waals surface area contributed by atoms with E-state index in [1.807, 2.05) is 0 Å². The minimum Gasteiger partial charge on any atom is -0.460 e. The van der Waals surface area contributed by atoms with Gasteiger partial charge in [-0.3, -0.25) is 4.79 Å². The van der Waals surface area contributed by atoms with Crippen LogP contribution in [0.4, 0.5) is 0 Å². The highest BCUT2D eigenvalue weighted by Gasteiger charge is 2.17. The zero-order valence-corrected chi connectivity index (χ0v) is 8.09. The molecule has 70 valence electrons. The summed E-state index contributed by atoms with van der Waals surface area (Å²) in [7, 11) is 0. The normalized spacial score (nSPS) is 13.7. The van der Waals surface area contributed by atoms with Crippen molar-refractivity contribution in [2.45, 2.75) is 39.7 Å². The summed E-state index contributed by atoms with van der Waals surface area (Å²) >= 11 is 0. The Morgan fingerprint density at radius 2 is 2.00 bits per heavy atom. The van der Waals surface area contributed by atoms with Gasteiger partial charge in [0.2, 0.25) is 0 Å². The third-order valence-corrected chi connectivity index (χ3v) is 1.14. The molecule has 3 heteroatoms. The van der Waals surface area contributed by atoms with Crippen molar-refractivity contribution in [3.05, 3.63) is 0 Å². The summed E-state index contributed by atoms with van der Waals surface area (Å²) in [4.78, 5) is 21.2. The molecule has 0 saturated carbocycles. The molecule has 3 nitrogen and oxygen atoms in total. The van der Waals surface area contributed by atoms with E-state index < -0.39 is 5.60 Å². The summed E-state index contributed by atoms with van der Waals surface area (Å²) in [6.45, 7) is 7.10. The van der Waals surface area contributed by atoms with Gasteiger partial charge in [-0.1, -0.05) is 6.92 Å². The monoisotopic (exact) mass is 172 g/mol. The van der Waals surface area contributed by atoms with Gasteiger partial charge in [-0.05, 0) is 20.8 Å². The van der Waals surface area contributed by atoms with Crippen LogP contribution < -0.4 is 0 Å². The van der Waals surface area contributed by atoms with E-state index in [9.17, 15) is 9.59 Å². The lowest BCUT2D eigenvalue weighted by Gasteiger charge is -2.19. The first kappa shape index (κ1) is 11.1. The van der Waals surface area contributed by atoms with Gasteiger partial charge in [-0.2, -0.15) is 0 Å². The molecular weight excluding hydrogens is 156 g/mol. The van der Waals surface area contributed by atoms with E-state index in [1.54, 1.807) is 27.7 Å². The van der Waals surface area contributed by atoms with Crippen LogP contribution in [0.5, 0.6) is 0 Å². The third-order valence-electron chi connectivity index (χ3n) is 1.14. The summed E-state index contributed by atoms with van der Waals surface area (Å²) in [6, 6.07) is 0. The summed E-state index contributed by atoms with van der Waals surface area (Å²) in [5.74, 6) is -0.568. The zero-order valence-electron chi connectivity index (χ0n) is 8.09. The molecular formula is C9H16O3. The fourth-order valence-corrected chi connectivity index (χ4v) is 0.694. The molecule has 0 aromatic rings. The Hall–Kier alpha value is -0.860. The Balaban J connectivity index is 3.82. The lowest BCUT2D eigenvalue weighted by atomic mass is 10.1. The van der Waals surface area contributed by atoms with E-state index in [2.05, 4.69) is 0 Å². The molecule has 0 N–H and O–H groups in total. The number of esters is 1. The molecule has 12 heavy (non-hydrogen) atoms. The van der Waals surface area contributed by atoms with E-state index >= 15 is 0 Å². The Morgan fingerprint density at radius 3 is 2.33 bits per heavy atom. The van der Waals surface area contributed by atoms with Crippen molar-refractivity contribution >= 4 is 12.3 Å². The minimum absolute atomic E-state index is 0.167. The Morgan fingerprint density at radius 1 is 1.50 bits per heavy atom.